The molecule has 0 aliphatic heterocycles. The van der Waals surface area contributed by atoms with Gasteiger partial charge in [0.1, 0.15) is 0 Å². The highest BCUT2D eigenvalue weighted by atomic mass is 32.2. The standard InChI is InChI=1S/C6H13NO4S/c1-5(4-6(8)9)2-3-12(7,10)11/h5H,2-4H2,1H3,(H,8,9)(H2,7,10,11). The van der Waals surface area contributed by atoms with Crippen molar-refractivity contribution < 1.29 is 18.3 Å². The van der Waals surface area contributed by atoms with Crippen LogP contribution in [-0.2, 0) is 14.8 Å². The quantitative estimate of drug-likeness (QED) is 0.633. The molecule has 0 aromatic heterocycles. The molecule has 0 saturated heterocycles. The van der Waals surface area contributed by atoms with E-state index in [-0.39, 0.29) is 18.1 Å². The van der Waals surface area contributed by atoms with Gasteiger partial charge >= 0.3 is 5.97 Å². The molecule has 0 rings (SSSR count). The van der Waals surface area contributed by atoms with Crippen LogP contribution < -0.4 is 5.14 Å². The van der Waals surface area contributed by atoms with Crippen molar-refractivity contribution in [2.75, 3.05) is 5.75 Å². The van der Waals surface area contributed by atoms with Crippen LogP contribution in [0.4, 0.5) is 0 Å². The van der Waals surface area contributed by atoms with Crippen LogP contribution >= 0.6 is 0 Å². The monoisotopic (exact) mass is 195 g/mol. The molecule has 1 atom stereocenters. The van der Waals surface area contributed by atoms with Crippen LogP contribution in [0, 0.1) is 5.92 Å². The Balaban J connectivity index is 3.72. The number of sulfonamides is 1. The van der Waals surface area contributed by atoms with Gasteiger partial charge in [0.05, 0.1) is 5.75 Å². The molecule has 5 nitrogen and oxygen atoms in total. The fraction of sp³-hybridized carbons (Fsp3) is 0.833. The van der Waals surface area contributed by atoms with Crippen molar-refractivity contribution in [1.82, 2.24) is 0 Å². The zero-order chi connectivity index (χ0) is 9.78. The lowest BCUT2D eigenvalue weighted by molar-refractivity contribution is -0.137. The Kier molecular flexibility index (Phi) is 4.19. The van der Waals surface area contributed by atoms with Crippen LogP contribution in [0.2, 0.25) is 0 Å². The van der Waals surface area contributed by atoms with E-state index >= 15 is 0 Å². The summed E-state index contributed by atoms with van der Waals surface area (Å²) in [6.07, 6.45) is 0.278. The summed E-state index contributed by atoms with van der Waals surface area (Å²) >= 11 is 0. The van der Waals surface area contributed by atoms with Gasteiger partial charge in [-0.05, 0) is 12.3 Å². The lowest BCUT2D eigenvalue weighted by Crippen LogP contribution is -2.19. The zero-order valence-electron chi connectivity index (χ0n) is 6.86. The second kappa shape index (κ2) is 4.42. The molecule has 1 unspecified atom stereocenters. The molecule has 6 heteroatoms. The molecule has 0 bridgehead atoms. The van der Waals surface area contributed by atoms with Crippen molar-refractivity contribution in [1.29, 1.82) is 0 Å². The SMILES string of the molecule is CC(CCS(N)(=O)=O)CC(=O)O. The number of rotatable bonds is 5. The summed E-state index contributed by atoms with van der Waals surface area (Å²) in [6.45, 7) is 1.68. The van der Waals surface area contributed by atoms with Gasteiger partial charge in [0.15, 0.2) is 0 Å². The van der Waals surface area contributed by atoms with Crippen LogP contribution in [0.3, 0.4) is 0 Å². The first kappa shape index (κ1) is 11.4. The van der Waals surface area contributed by atoms with E-state index in [0.717, 1.165) is 0 Å². The molecular formula is C6H13NO4S. The topological polar surface area (TPSA) is 97.5 Å². The summed E-state index contributed by atoms with van der Waals surface area (Å²) in [7, 11) is -3.45. The third kappa shape index (κ3) is 7.49. The summed E-state index contributed by atoms with van der Waals surface area (Å²) in [5.41, 5.74) is 0. The van der Waals surface area contributed by atoms with Gasteiger partial charge in [-0.25, -0.2) is 13.6 Å². The Bertz CT molecular complexity index is 246. The third-order valence-corrected chi connectivity index (χ3v) is 2.22. The number of hydrogen-bond donors (Lipinski definition) is 2. The molecular weight excluding hydrogens is 182 g/mol. The van der Waals surface area contributed by atoms with Gasteiger partial charge < -0.3 is 5.11 Å². The van der Waals surface area contributed by atoms with Crippen LogP contribution in [0.15, 0.2) is 0 Å². The Morgan fingerprint density at radius 3 is 2.42 bits per heavy atom. The maximum atomic E-state index is 10.5. The smallest absolute Gasteiger partial charge is 0.303 e. The van der Waals surface area contributed by atoms with Crippen LogP contribution in [0.1, 0.15) is 19.8 Å². The van der Waals surface area contributed by atoms with E-state index < -0.39 is 16.0 Å². The Morgan fingerprint density at radius 1 is 1.58 bits per heavy atom. The summed E-state index contributed by atoms with van der Waals surface area (Å²) in [4.78, 5) is 10.2. The fourth-order valence-corrected chi connectivity index (χ4v) is 1.50. The average Bonchev–Trinajstić information content (AvgIpc) is 1.80. The van der Waals surface area contributed by atoms with Gasteiger partial charge in [-0.2, -0.15) is 0 Å². The molecule has 0 aliphatic rings. The molecule has 0 amide bonds. The molecule has 0 fully saturated rings. The maximum absolute atomic E-state index is 10.5. The zero-order valence-corrected chi connectivity index (χ0v) is 7.67. The van der Waals surface area contributed by atoms with Crippen LogP contribution in [0.5, 0.6) is 0 Å². The molecule has 3 N–H and O–H groups in total. The molecule has 0 radical (unpaired) electrons. The highest BCUT2D eigenvalue weighted by Crippen LogP contribution is 2.07. The van der Waals surface area contributed by atoms with Crippen molar-refractivity contribution in [3.63, 3.8) is 0 Å². The number of hydrogen-bond acceptors (Lipinski definition) is 3. The summed E-state index contributed by atoms with van der Waals surface area (Å²) in [6, 6.07) is 0. The lowest BCUT2D eigenvalue weighted by Gasteiger charge is -2.05. The minimum atomic E-state index is -3.45. The summed E-state index contributed by atoms with van der Waals surface area (Å²) < 4.78 is 20.9. The van der Waals surface area contributed by atoms with E-state index in [1.807, 2.05) is 0 Å². The molecule has 0 aromatic carbocycles. The van der Waals surface area contributed by atoms with Gasteiger partial charge in [-0.15, -0.1) is 0 Å². The van der Waals surface area contributed by atoms with Gasteiger partial charge in [-0.3, -0.25) is 4.79 Å². The minimum Gasteiger partial charge on any atom is -0.481 e. The van der Waals surface area contributed by atoms with Gasteiger partial charge in [0.2, 0.25) is 10.0 Å². The molecule has 0 aromatic rings. The molecule has 0 spiro atoms. The second-order valence-electron chi connectivity index (χ2n) is 2.86. The first-order chi connectivity index (χ1) is 5.31. The molecule has 0 aliphatic carbocycles. The molecule has 12 heavy (non-hydrogen) atoms. The Morgan fingerprint density at radius 2 is 2.08 bits per heavy atom. The van der Waals surface area contributed by atoms with E-state index in [1.165, 1.54) is 0 Å². The molecule has 72 valence electrons. The number of aliphatic carboxylic acids is 1. The number of primary sulfonamides is 1. The highest BCUT2D eigenvalue weighted by molar-refractivity contribution is 7.89. The fourth-order valence-electron chi connectivity index (χ4n) is 0.766. The predicted octanol–water partition coefficient (Wildman–Crippen LogP) is -0.224. The van der Waals surface area contributed by atoms with Gasteiger partial charge in [0.25, 0.3) is 0 Å². The number of carboxylic acid groups (broad SMARTS) is 1. The van der Waals surface area contributed by atoms with Gasteiger partial charge in [0, 0.05) is 6.42 Å². The number of nitrogens with two attached hydrogens (primary N) is 1. The molecule has 0 saturated carbocycles. The van der Waals surface area contributed by atoms with Crippen molar-refractivity contribution in [3.8, 4) is 0 Å². The molecule has 0 heterocycles. The highest BCUT2D eigenvalue weighted by Gasteiger charge is 2.10. The normalized spacial score (nSPS) is 14.2. The maximum Gasteiger partial charge on any atom is 0.303 e. The first-order valence-corrected chi connectivity index (χ1v) is 5.25. The third-order valence-electron chi connectivity index (χ3n) is 1.42. The van der Waals surface area contributed by atoms with E-state index in [9.17, 15) is 13.2 Å². The van der Waals surface area contributed by atoms with Crippen LogP contribution in [-0.4, -0.2) is 25.2 Å². The van der Waals surface area contributed by atoms with Crippen molar-refractivity contribution in [2.45, 2.75) is 19.8 Å². The predicted molar refractivity (Wildman–Crippen MR) is 44.0 cm³/mol. The number of carboxylic acids is 1. The van der Waals surface area contributed by atoms with Gasteiger partial charge in [-0.1, -0.05) is 6.92 Å². The lowest BCUT2D eigenvalue weighted by atomic mass is 10.1. The van der Waals surface area contributed by atoms with Crippen LogP contribution in [0.25, 0.3) is 0 Å². The van der Waals surface area contributed by atoms with E-state index in [1.54, 1.807) is 6.92 Å². The Hall–Kier alpha value is -0.620. The first-order valence-electron chi connectivity index (χ1n) is 3.53. The van der Waals surface area contributed by atoms with E-state index in [0.29, 0.717) is 6.42 Å². The van der Waals surface area contributed by atoms with E-state index in [4.69, 9.17) is 10.2 Å². The van der Waals surface area contributed by atoms with Crippen molar-refractivity contribution in [3.05, 3.63) is 0 Å². The Labute approximate surface area is 71.6 Å². The number of carbonyl (C=O) groups is 1. The second-order valence-corrected chi connectivity index (χ2v) is 4.59. The summed E-state index contributed by atoms with van der Waals surface area (Å²) in [5, 5.41) is 13.1. The summed E-state index contributed by atoms with van der Waals surface area (Å²) in [5.74, 6) is -1.22. The average molecular weight is 195 g/mol. The van der Waals surface area contributed by atoms with Crippen molar-refractivity contribution >= 4 is 16.0 Å². The van der Waals surface area contributed by atoms with Crippen molar-refractivity contribution in [2.24, 2.45) is 11.1 Å². The minimum absolute atomic E-state index is 0.0183. The van der Waals surface area contributed by atoms with E-state index in [2.05, 4.69) is 0 Å². The largest absolute Gasteiger partial charge is 0.481 e.